The lowest BCUT2D eigenvalue weighted by molar-refractivity contribution is 0.300. The highest BCUT2D eigenvalue weighted by Crippen LogP contribution is 2.30. The van der Waals surface area contributed by atoms with Crippen LogP contribution in [0, 0.1) is 5.82 Å². The molecule has 2 aromatic rings. The topological polar surface area (TPSA) is 35.0 Å². The van der Waals surface area contributed by atoms with E-state index in [1.165, 1.54) is 38.5 Å². The number of hydrogen-bond acceptors (Lipinski definition) is 3. The largest absolute Gasteiger partial charge is 0.493 e. The second-order valence-electron chi connectivity index (χ2n) is 9.07. The number of halogens is 2. The zero-order valence-electron chi connectivity index (χ0n) is 20.6. The summed E-state index contributed by atoms with van der Waals surface area (Å²) in [6.45, 7) is 4.48. The average molecular weight is 461 g/mol. The van der Waals surface area contributed by atoms with Crippen LogP contribution in [0.15, 0.2) is 30.6 Å². The van der Waals surface area contributed by atoms with E-state index in [9.17, 15) is 8.78 Å². The molecule has 33 heavy (non-hydrogen) atoms. The highest BCUT2D eigenvalue weighted by Gasteiger charge is 2.14. The van der Waals surface area contributed by atoms with Gasteiger partial charge in [-0.3, -0.25) is 0 Å². The summed E-state index contributed by atoms with van der Waals surface area (Å²) in [7, 11) is 0. The Balaban J connectivity index is 1.91. The lowest BCUT2D eigenvalue weighted by Crippen LogP contribution is -2.03. The smallest absolute Gasteiger partial charge is 0.162 e. The standard InChI is InChI=1S/C28H42F2N2O/c1-3-4-5-6-7-8-11-14-20-33-27-22-25(28-31-18-15-19-32-28)26(30)21-24(27)17-13-10-9-12-16-23(2)29/h15,18-19,21-23H,3-14,16-17,20H2,1-2H3. The maximum atomic E-state index is 14.9. The zero-order valence-corrected chi connectivity index (χ0v) is 20.6. The van der Waals surface area contributed by atoms with Gasteiger partial charge in [-0.2, -0.15) is 0 Å². The second kappa shape index (κ2) is 16.6. The summed E-state index contributed by atoms with van der Waals surface area (Å²) in [5, 5.41) is 0. The molecule has 1 aromatic heterocycles. The van der Waals surface area contributed by atoms with Gasteiger partial charge in [-0.1, -0.05) is 71.1 Å². The molecule has 1 heterocycles. The van der Waals surface area contributed by atoms with Crippen molar-refractivity contribution in [2.24, 2.45) is 0 Å². The van der Waals surface area contributed by atoms with Gasteiger partial charge >= 0.3 is 0 Å². The number of ether oxygens (including phenoxy) is 1. The molecule has 0 spiro atoms. The van der Waals surface area contributed by atoms with Crippen molar-refractivity contribution in [1.82, 2.24) is 9.97 Å². The van der Waals surface area contributed by atoms with Crippen molar-refractivity contribution in [3.63, 3.8) is 0 Å². The van der Waals surface area contributed by atoms with Crippen LogP contribution in [-0.2, 0) is 6.42 Å². The summed E-state index contributed by atoms with van der Waals surface area (Å²) in [5.41, 5.74) is 1.27. The molecule has 0 aliphatic heterocycles. The number of hydrogen-bond donors (Lipinski definition) is 0. The molecule has 2 rings (SSSR count). The first-order valence-corrected chi connectivity index (χ1v) is 13.0. The average Bonchev–Trinajstić information content (AvgIpc) is 2.81. The van der Waals surface area contributed by atoms with Gasteiger partial charge in [-0.05, 0) is 56.4 Å². The van der Waals surface area contributed by atoms with Gasteiger partial charge in [0.05, 0.1) is 18.3 Å². The van der Waals surface area contributed by atoms with Gasteiger partial charge in [0.2, 0.25) is 0 Å². The third-order valence-electron chi connectivity index (χ3n) is 6.01. The Morgan fingerprint density at radius 3 is 2.18 bits per heavy atom. The van der Waals surface area contributed by atoms with E-state index in [1.807, 2.05) is 0 Å². The molecule has 1 atom stereocenters. The first-order valence-electron chi connectivity index (χ1n) is 13.0. The van der Waals surface area contributed by atoms with Crippen LogP contribution in [0.5, 0.6) is 5.75 Å². The third kappa shape index (κ3) is 11.1. The second-order valence-corrected chi connectivity index (χ2v) is 9.07. The maximum absolute atomic E-state index is 14.9. The van der Waals surface area contributed by atoms with Crippen molar-refractivity contribution in [3.05, 3.63) is 42.0 Å². The lowest BCUT2D eigenvalue weighted by atomic mass is 10.0. The summed E-state index contributed by atoms with van der Waals surface area (Å²) in [6.07, 6.45) is 17.7. The molecular weight excluding hydrogens is 418 g/mol. The van der Waals surface area contributed by atoms with Crippen LogP contribution in [0.25, 0.3) is 11.4 Å². The number of benzene rings is 1. The number of nitrogens with zero attached hydrogens (tertiary/aromatic N) is 2. The van der Waals surface area contributed by atoms with Gasteiger partial charge in [0, 0.05) is 12.4 Å². The van der Waals surface area contributed by atoms with Gasteiger partial charge in [0.25, 0.3) is 0 Å². The molecule has 0 saturated carbocycles. The Morgan fingerprint density at radius 1 is 0.848 bits per heavy atom. The van der Waals surface area contributed by atoms with Crippen LogP contribution >= 0.6 is 0 Å². The number of rotatable bonds is 18. The molecule has 0 radical (unpaired) electrons. The Labute approximate surface area is 199 Å². The molecule has 5 heteroatoms. The molecule has 0 N–H and O–H groups in total. The normalized spacial score (nSPS) is 12.1. The molecule has 0 saturated heterocycles. The van der Waals surface area contributed by atoms with Gasteiger partial charge in [-0.15, -0.1) is 0 Å². The fourth-order valence-corrected chi connectivity index (χ4v) is 4.05. The molecule has 0 amide bonds. The van der Waals surface area contributed by atoms with Crippen LogP contribution in [0.2, 0.25) is 0 Å². The number of aryl methyl sites for hydroxylation is 1. The van der Waals surface area contributed by atoms with Crippen molar-refractivity contribution < 1.29 is 13.5 Å². The molecule has 3 nitrogen and oxygen atoms in total. The number of alkyl halides is 1. The maximum Gasteiger partial charge on any atom is 0.162 e. The predicted molar refractivity (Wildman–Crippen MR) is 133 cm³/mol. The van der Waals surface area contributed by atoms with E-state index in [-0.39, 0.29) is 5.82 Å². The summed E-state index contributed by atoms with van der Waals surface area (Å²) < 4.78 is 34.0. The Kier molecular flexibility index (Phi) is 13.6. The third-order valence-corrected chi connectivity index (χ3v) is 6.01. The minimum atomic E-state index is -0.733. The quantitative estimate of drug-likeness (QED) is 0.209. The predicted octanol–water partition coefficient (Wildman–Crippen LogP) is 8.65. The molecule has 1 aromatic carbocycles. The molecule has 0 bridgehead atoms. The van der Waals surface area contributed by atoms with Crippen LogP contribution in [-0.4, -0.2) is 22.7 Å². The highest BCUT2D eigenvalue weighted by molar-refractivity contribution is 5.60. The summed E-state index contributed by atoms with van der Waals surface area (Å²) in [4.78, 5) is 8.41. The Bertz CT molecular complexity index is 768. The van der Waals surface area contributed by atoms with E-state index in [0.717, 1.165) is 56.3 Å². The molecule has 1 unspecified atom stereocenters. The molecule has 0 fully saturated rings. The summed E-state index contributed by atoms with van der Waals surface area (Å²) in [6, 6.07) is 5.06. The van der Waals surface area contributed by atoms with Crippen molar-refractivity contribution in [1.29, 1.82) is 0 Å². The van der Waals surface area contributed by atoms with Crippen LogP contribution in [0.4, 0.5) is 8.78 Å². The van der Waals surface area contributed by atoms with Crippen molar-refractivity contribution >= 4 is 0 Å². The monoisotopic (exact) mass is 460 g/mol. The van der Waals surface area contributed by atoms with E-state index in [2.05, 4.69) is 16.9 Å². The molecular formula is C28H42F2N2O. The number of unbranched alkanes of at least 4 members (excludes halogenated alkanes) is 10. The fraction of sp³-hybridized carbons (Fsp3) is 0.643. The van der Waals surface area contributed by atoms with E-state index in [1.54, 1.807) is 37.5 Å². The van der Waals surface area contributed by atoms with Crippen LogP contribution < -0.4 is 4.74 Å². The van der Waals surface area contributed by atoms with E-state index < -0.39 is 6.17 Å². The fourth-order valence-electron chi connectivity index (χ4n) is 4.05. The SMILES string of the molecule is CCCCCCCCCCOc1cc(-c2ncccn2)c(F)cc1CCCCCCC(C)F. The zero-order chi connectivity index (χ0) is 23.7. The van der Waals surface area contributed by atoms with Gasteiger partial charge in [-0.25, -0.2) is 18.7 Å². The van der Waals surface area contributed by atoms with Crippen molar-refractivity contribution in [3.8, 4) is 17.1 Å². The molecule has 0 aliphatic rings. The van der Waals surface area contributed by atoms with Gasteiger partial charge in [0.1, 0.15) is 11.6 Å². The minimum absolute atomic E-state index is 0.318. The Hall–Kier alpha value is -2.04. The highest BCUT2D eigenvalue weighted by atomic mass is 19.1. The lowest BCUT2D eigenvalue weighted by Gasteiger charge is -2.14. The minimum Gasteiger partial charge on any atom is -0.493 e. The first kappa shape index (κ1) is 27.2. The van der Waals surface area contributed by atoms with Crippen LogP contribution in [0.3, 0.4) is 0 Å². The van der Waals surface area contributed by atoms with E-state index >= 15 is 0 Å². The summed E-state index contributed by atoms with van der Waals surface area (Å²) >= 11 is 0. The van der Waals surface area contributed by atoms with Crippen molar-refractivity contribution in [2.45, 2.75) is 110 Å². The van der Waals surface area contributed by atoms with Gasteiger partial charge < -0.3 is 4.74 Å². The Morgan fingerprint density at radius 2 is 1.48 bits per heavy atom. The first-order chi connectivity index (χ1) is 16.1. The van der Waals surface area contributed by atoms with Crippen LogP contribution in [0.1, 0.15) is 103 Å². The number of aromatic nitrogens is 2. The summed E-state index contributed by atoms with van der Waals surface area (Å²) in [5.74, 6) is 0.792. The molecule has 0 aliphatic carbocycles. The van der Waals surface area contributed by atoms with E-state index in [0.29, 0.717) is 24.4 Å². The van der Waals surface area contributed by atoms with Crippen molar-refractivity contribution in [2.75, 3.05) is 6.61 Å². The molecule has 184 valence electrons. The van der Waals surface area contributed by atoms with E-state index in [4.69, 9.17) is 4.74 Å². The van der Waals surface area contributed by atoms with Gasteiger partial charge in [0.15, 0.2) is 5.82 Å².